The lowest BCUT2D eigenvalue weighted by atomic mass is 10.1. The molecule has 0 saturated heterocycles. The average Bonchev–Trinajstić information content (AvgIpc) is 2.58. The van der Waals surface area contributed by atoms with Gasteiger partial charge in [0.25, 0.3) is 0 Å². The SMILES string of the molecule is CC(C)[C@H](Sc1nccn1C)C(=O)NC(N)=O. The van der Waals surface area contributed by atoms with Gasteiger partial charge in [0, 0.05) is 19.4 Å². The van der Waals surface area contributed by atoms with E-state index >= 15 is 0 Å². The van der Waals surface area contributed by atoms with Gasteiger partial charge in [-0.05, 0) is 5.92 Å². The van der Waals surface area contributed by atoms with Gasteiger partial charge in [0.2, 0.25) is 5.91 Å². The third-order valence-corrected chi connectivity index (χ3v) is 3.74. The van der Waals surface area contributed by atoms with Crippen molar-refractivity contribution in [2.75, 3.05) is 0 Å². The minimum Gasteiger partial charge on any atom is -0.351 e. The minimum atomic E-state index is -0.832. The average molecular weight is 256 g/mol. The number of nitrogens with one attached hydrogen (secondary N) is 1. The normalized spacial score (nSPS) is 12.5. The van der Waals surface area contributed by atoms with Gasteiger partial charge in [0.05, 0.1) is 5.25 Å². The van der Waals surface area contributed by atoms with Crippen molar-refractivity contribution in [3.63, 3.8) is 0 Å². The molecule has 3 amide bonds. The summed E-state index contributed by atoms with van der Waals surface area (Å²) in [6, 6.07) is -0.832. The molecule has 0 saturated carbocycles. The van der Waals surface area contributed by atoms with Crippen LogP contribution in [0, 0.1) is 5.92 Å². The summed E-state index contributed by atoms with van der Waals surface area (Å²) in [4.78, 5) is 26.6. The summed E-state index contributed by atoms with van der Waals surface area (Å²) in [5.74, 6) is -0.323. The lowest BCUT2D eigenvalue weighted by molar-refractivity contribution is -0.120. The second-order valence-corrected chi connectivity index (χ2v) is 5.07. The summed E-state index contributed by atoms with van der Waals surface area (Å²) in [7, 11) is 1.85. The number of carbonyl (C=O) groups is 2. The number of rotatable bonds is 4. The molecule has 0 radical (unpaired) electrons. The molecule has 0 fully saturated rings. The molecule has 0 aromatic carbocycles. The Kier molecular flexibility index (Phi) is 4.56. The number of imide groups is 1. The quantitative estimate of drug-likeness (QED) is 0.777. The molecule has 0 aliphatic carbocycles. The number of hydrogen-bond donors (Lipinski definition) is 2. The second-order valence-electron chi connectivity index (χ2n) is 3.96. The van der Waals surface area contributed by atoms with E-state index in [1.165, 1.54) is 11.8 Å². The molecule has 0 aliphatic rings. The van der Waals surface area contributed by atoms with Crippen LogP contribution in [0.25, 0.3) is 0 Å². The van der Waals surface area contributed by atoms with Crippen LogP contribution in [0.3, 0.4) is 0 Å². The molecule has 3 N–H and O–H groups in total. The molecule has 0 bridgehead atoms. The van der Waals surface area contributed by atoms with Crippen LogP contribution in [-0.2, 0) is 11.8 Å². The first-order valence-electron chi connectivity index (χ1n) is 5.16. The number of aromatic nitrogens is 2. The van der Waals surface area contributed by atoms with Gasteiger partial charge >= 0.3 is 6.03 Å². The fourth-order valence-corrected chi connectivity index (χ4v) is 2.28. The number of primary amides is 1. The summed E-state index contributed by atoms with van der Waals surface area (Å²) in [6.45, 7) is 3.81. The summed E-state index contributed by atoms with van der Waals surface area (Å²) >= 11 is 1.31. The van der Waals surface area contributed by atoms with E-state index in [1.54, 1.807) is 12.4 Å². The molecule has 0 spiro atoms. The summed E-state index contributed by atoms with van der Waals surface area (Å²) < 4.78 is 1.82. The van der Waals surface area contributed by atoms with Gasteiger partial charge in [-0.1, -0.05) is 25.6 Å². The first-order valence-corrected chi connectivity index (χ1v) is 6.04. The molecule has 7 heteroatoms. The Balaban J connectivity index is 2.77. The van der Waals surface area contributed by atoms with E-state index in [9.17, 15) is 9.59 Å². The van der Waals surface area contributed by atoms with Crippen LogP contribution < -0.4 is 11.1 Å². The number of amides is 3. The van der Waals surface area contributed by atoms with Gasteiger partial charge in [0.15, 0.2) is 5.16 Å². The van der Waals surface area contributed by atoms with E-state index in [-0.39, 0.29) is 11.8 Å². The molecule has 0 aliphatic heterocycles. The topological polar surface area (TPSA) is 90.0 Å². The van der Waals surface area contributed by atoms with Crippen LogP contribution in [-0.4, -0.2) is 26.7 Å². The number of nitrogens with two attached hydrogens (primary N) is 1. The third-order valence-electron chi connectivity index (χ3n) is 2.12. The summed E-state index contributed by atoms with van der Waals surface area (Å²) in [6.07, 6.45) is 3.46. The van der Waals surface area contributed by atoms with Gasteiger partial charge < -0.3 is 10.3 Å². The van der Waals surface area contributed by atoms with Crippen molar-refractivity contribution >= 4 is 23.7 Å². The predicted molar refractivity (Wildman–Crippen MR) is 65.4 cm³/mol. The largest absolute Gasteiger partial charge is 0.351 e. The molecular weight excluding hydrogens is 240 g/mol. The van der Waals surface area contributed by atoms with E-state index in [0.717, 1.165) is 5.16 Å². The smallest absolute Gasteiger partial charge is 0.318 e. The van der Waals surface area contributed by atoms with Crippen molar-refractivity contribution in [1.82, 2.24) is 14.9 Å². The van der Waals surface area contributed by atoms with Crippen LogP contribution in [0.2, 0.25) is 0 Å². The maximum atomic E-state index is 11.8. The standard InChI is InChI=1S/C10H16N4O2S/c1-6(2)7(8(15)13-9(11)16)17-10-12-4-5-14(10)3/h4-7H,1-3H3,(H3,11,13,15,16)/t7-/m0/s1. The van der Waals surface area contributed by atoms with E-state index in [0.29, 0.717) is 0 Å². The van der Waals surface area contributed by atoms with E-state index in [1.807, 2.05) is 25.5 Å². The molecular formula is C10H16N4O2S. The lowest BCUT2D eigenvalue weighted by Crippen LogP contribution is -2.42. The van der Waals surface area contributed by atoms with E-state index in [4.69, 9.17) is 5.73 Å². The van der Waals surface area contributed by atoms with Crippen molar-refractivity contribution in [3.05, 3.63) is 12.4 Å². The van der Waals surface area contributed by atoms with Gasteiger partial charge in [-0.25, -0.2) is 9.78 Å². The fraction of sp³-hybridized carbons (Fsp3) is 0.500. The zero-order valence-corrected chi connectivity index (χ0v) is 10.8. The Morgan fingerprint density at radius 3 is 2.59 bits per heavy atom. The molecule has 0 unspecified atom stereocenters. The Hall–Kier alpha value is -1.50. The maximum absolute atomic E-state index is 11.8. The molecule has 1 aromatic rings. The number of urea groups is 1. The number of imidazole rings is 1. The monoisotopic (exact) mass is 256 g/mol. The number of aryl methyl sites for hydroxylation is 1. The zero-order chi connectivity index (χ0) is 13.0. The van der Waals surface area contributed by atoms with Crippen molar-refractivity contribution < 1.29 is 9.59 Å². The van der Waals surface area contributed by atoms with E-state index < -0.39 is 11.3 Å². The molecule has 1 atom stereocenters. The number of carbonyl (C=O) groups excluding carboxylic acids is 2. The first-order chi connectivity index (χ1) is 7.91. The summed E-state index contributed by atoms with van der Waals surface area (Å²) in [5.41, 5.74) is 4.93. The molecule has 1 aromatic heterocycles. The van der Waals surface area contributed by atoms with Crippen LogP contribution in [0.15, 0.2) is 17.6 Å². The molecule has 17 heavy (non-hydrogen) atoms. The minimum absolute atomic E-state index is 0.0658. The molecule has 6 nitrogen and oxygen atoms in total. The number of hydrogen-bond acceptors (Lipinski definition) is 4. The molecule has 94 valence electrons. The number of thioether (sulfide) groups is 1. The molecule has 1 rings (SSSR count). The predicted octanol–water partition coefficient (Wildman–Crippen LogP) is 0.732. The lowest BCUT2D eigenvalue weighted by Gasteiger charge is -2.18. The number of nitrogens with zero attached hydrogens (tertiary/aromatic N) is 2. The highest BCUT2D eigenvalue weighted by Crippen LogP contribution is 2.26. The van der Waals surface area contributed by atoms with Gasteiger partial charge in [0.1, 0.15) is 0 Å². The van der Waals surface area contributed by atoms with Crippen molar-refractivity contribution in [3.8, 4) is 0 Å². The highest BCUT2D eigenvalue weighted by atomic mass is 32.2. The highest BCUT2D eigenvalue weighted by Gasteiger charge is 2.25. The van der Waals surface area contributed by atoms with Crippen molar-refractivity contribution in [2.45, 2.75) is 24.3 Å². The fourth-order valence-electron chi connectivity index (χ4n) is 1.26. The van der Waals surface area contributed by atoms with Gasteiger partial charge in [-0.15, -0.1) is 0 Å². The molecule has 1 heterocycles. The Labute approximate surface area is 104 Å². The van der Waals surface area contributed by atoms with Gasteiger partial charge in [-0.2, -0.15) is 0 Å². The Morgan fingerprint density at radius 2 is 2.18 bits per heavy atom. The summed E-state index contributed by atoms with van der Waals surface area (Å²) in [5, 5.41) is 2.42. The van der Waals surface area contributed by atoms with Crippen LogP contribution in [0.1, 0.15) is 13.8 Å². The first kappa shape index (κ1) is 13.6. The van der Waals surface area contributed by atoms with Crippen molar-refractivity contribution in [2.24, 2.45) is 18.7 Å². The van der Waals surface area contributed by atoms with Crippen LogP contribution in [0.5, 0.6) is 0 Å². The Morgan fingerprint density at radius 1 is 1.53 bits per heavy atom. The Bertz CT molecular complexity index is 416. The van der Waals surface area contributed by atoms with Gasteiger partial charge in [-0.3, -0.25) is 10.1 Å². The third kappa shape index (κ3) is 3.77. The zero-order valence-electron chi connectivity index (χ0n) is 10.0. The van der Waals surface area contributed by atoms with Crippen LogP contribution in [0.4, 0.5) is 4.79 Å². The maximum Gasteiger partial charge on any atom is 0.318 e. The van der Waals surface area contributed by atoms with E-state index in [2.05, 4.69) is 10.3 Å². The van der Waals surface area contributed by atoms with Crippen LogP contribution >= 0.6 is 11.8 Å². The van der Waals surface area contributed by atoms with Crippen molar-refractivity contribution in [1.29, 1.82) is 0 Å². The second kappa shape index (κ2) is 5.72. The highest BCUT2D eigenvalue weighted by molar-refractivity contribution is 8.00.